The lowest BCUT2D eigenvalue weighted by Crippen LogP contribution is -2.23. The summed E-state index contributed by atoms with van der Waals surface area (Å²) in [6, 6.07) is 2.72. The fourth-order valence-corrected chi connectivity index (χ4v) is 2.54. The average Bonchev–Trinajstić information content (AvgIpc) is 2.76. The van der Waals surface area contributed by atoms with Gasteiger partial charge in [0.15, 0.2) is 5.82 Å². The van der Waals surface area contributed by atoms with Crippen molar-refractivity contribution in [2.75, 3.05) is 10.6 Å². The molecule has 0 fully saturated rings. The second kappa shape index (κ2) is 5.14. The maximum atomic E-state index is 12.2. The first-order valence-corrected chi connectivity index (χ1v) is 6.82. The molecule has 2 amide bonds. The van der Waals surface area contributed by atoms with Crippen LogP contribution in [0.4, 0.5) is 11.6 Å². The minimum atomic E-state index is -0.374. The molecular weight excluding hydrogens is 286 g/mol. The van der Waals surface area contributed by atoms with Crippen molar-refractivity contribution in [3.05, 3.63) is 39.8 Å². The molecule has 2 aromatic heterocycles. The first kappa shape index (κ1) is 14.1. The molecule has 0 radical (unpaired) electrons. The SMILES string of the molecule is CC1CC(=O)Nc2c1c(NC(=O)c1ccc(=O)[nH]c1)nn2C. The first-order chi connectivity index (χ1) is 10.5. The number of rotatable bonds is 2. The number of carbonyl (C=O) groups is 2. The van der Waals surface area contributed by atoms with Crippen LogP contribution in [0.25, 0.3) is 0 Å². The number of amides is 2. The summed E-state index contributed by atoms with van der Waals surface area (Å²) in [6.07, 6.45) is 1.69. The van der Waals surface area contributed by atoms with E-state index in [9.17, 15) is 14.4 Å². The van der Waals surface area contributed by atoms with E-state index in [0.29, 0.717) is 23.6 Å². The molecule has 3 N–H and O–H groups in total. The number of hydrogen-bond acceptors (Lipinski definition) is 4. The smallest absolute Gasteiger partial charge is 0.258 e. The summed E-state index contributed by atoms with van der Waals surface area (Å²) in [4.78, 5) is 37.3. The maximum Gasteiger partial charge on any atom is 0.258 e. The van der Waals surface area contributed by atoms with Gasteiger partial charge in [-0.05, 0) is 12.0 Å². The number of H-pyrrole nitrogens is 1. The molecular formula is C14H15N5O3. The molecule has 0 bridgehead atoms. The fourth-order valence-electron chi connectivity index (χ4n) is 2.54. The number of hydrogen-bond donors (Lipinski definition) is 3. The van der Waals surface area contributed by atoms with Crippen molar-refractivity contribution in [3.8, 4) is 0 Å². The molecule has 22 heavy (non-hydrogen) atoms. The predicted octanol–water partition coefficient (Wildman–Crippen LogP) is 0.806. The van der Waals surface area contributed by atoms with Crippen LogP contribution in [-0.4, -0.2) is 26.6 Å². The highest BCUT2D eigenvalue weighted by Gasteiger charge is 2.29. The summed E-state index contributed by atoms with van der Waals surface area (Å²) in [5, 5.41) is 9.75. The normalized spacial score (nSPS) is 16.8. The van der Waals surface area contributed by atoms with Crippen molar-refractivity contribution >= 4 is 23.5 Å². The summed E-state index contributed by atoms with van der Waals surface area (Å²) < 4.78 is 1.53. The van der Waals surface area contributed by atoms with Crippen LogP contribution in [0.1, 0.15) is 35.2 Å². The van der Waals surface area contributed by atoms with Crippen molar-refractivity contribution in [1.82, 2.24) is 14.8 Å². The van der Waals surface area contributed by atoms with Gasteiger partial charge in [-0.3, -0.25) is 19.1 Å². The number of aromatic nitrogens is 3. The molecule has 8 nitrogen and oxygen atoms in total. The molecule has 0 aromatic carbocycles. The standard InChI is InChI=1S/C14H15N5O3/c1-7-5-10(21)16-13-11(7)12(18-19(13)2)17-14(22)8-3-4-9(20)15-6-8/h3-4,6-7H,5H2,1-2H3,(H,15,20)(H,16,21)(H,17,18,22). The number of carbonyl (C=O) groups excluding carboxylic acids is 2. The van der Waals surface area contributed by atoms with Crippen molar-refractivity contribution in [1.29, 1.82) is 0 Å². The van der Waals surface area contributed by atoms with Crippen molar-refractivity contribution in [2.24, 2.45) is 7.05 Å². The molecule has 0 saturated carbocycles. The Hall–Kier alpha value is -2.90. The van der Waals surface area contributed by atoms with Crippen LogP contribution in [0.2, 0.25) is 0 Å². The molecule has 3 heterocycles. The molecule has 8 heteroatoms. The van der Waals surface area contributed by atoms with Gasteiger partial charge in [-0.25, -0.2) is 0 Å². The number of aromatic amines is 1. The van der Waals surface area contributed by atoms with E-state index in [1.165, 1.54) is 23.0 Å². The third kappa shape index (κ3) is 2.39. The van der Waals surface area contributed by atoms with Gasteiger partial charge in [-0.2, -0.15) is 5.10 Å². The summed E-state index contributed by atoms with van der Waals surface area (Å²) in [5.41, 5.74) is 0.856. The molecule has 0 aliphatic carbocycles. The third-order valence-corrected chi connectivity index (χ3v) is 3.60. The van der Waals surface area contributed by atoms with Gasteiger partial charge in [-0.1, -0.05) is 6.92 Å². The number of nitrogens with zero attached hydrogens (tertiary/aromatic N) is 2. The van der Waals surface area contributed by atoms with E-state index in [-0.39, 0.29) is 23.3 Å². The lowest BCUT2D eigenvalue weighted by Gasteiger charge is -2.20. The number of aryl methyl sites for hydroxylation is 1. The molecule has 3 rings (SSSR count). The van der Waals surface area contributed by atoms with Crippen LogP contribution in [0.5, 0.6) is 0 Å². The van der Waals surface area contributed by atoms with Crippen molar-refractivity contribution in [2.45, 2.75) is 19.3 Å². The van der Waals surface area contributed by atoms with Gasteiger partial charge >= 0.3 is 0 Å². The predicted molar refractivity (Wildman–Crippen MR) is 79.9 cm³/mol. The van der Waals surface area contributed by atoms with E-state index in [1.54, 1.807) is 7.05 Å². The molecule has 1 aliphatic rings. The van der Waals surface area contributed by atoms with E-state index < -0.39 is 0 Å². The van der Waals surface area contributed by atoms with Gasteiger partial charge in [0, 0.05) is 31.3 Å². The van der Waals surface area contributed by atoms with Crippen LogP contribution in [0.3, 0.4) is 0 Å². The fraction of sp³-hybridized carbons (Fsp3) is 0.286. The molecule has 114 valence electrons. The Bertz CT molecular complexity index is 800. The second-order valence-corrected chi connectivity index (χ2v) is 5.28. The van der Waals surface area contributed by atoms with Gasteiger partial charge < -0.3 is 15.6 Å². The van der Waals surface area contributed by atoms with E-state index >= 15 is 0 Å². The quantitative estimate of drug-likeness (QED) is 0.762. The van der Waals surface area contributed by atoms with Gasteiger partial charge in [0.05, 0.1) is 5.56 Å². The summed E-state index contributed by atoms with van der Waals surface area (Å²) in [7, 11) is 1.70. The number of nitrogens with one attached hydrogen (secondary N) is 3. The van der Waals surface area contributed by atoms with Crippen molar-refractivity contribution in [3.63, 3.8) is 0 Å². The van der Waals surface area contributed by atoms with E-state index in [1.807, 2.05) is 6.92 Å². The third-order valence-electron chi connectivity index (χ3n) is 3.60. The molecule has 1 atom stereocenters. The molecule has 0 saturated heterocycles. The summed E-state index contributed by atoms with van der Waals surface area (Å²) in [6.45, 7) is 1.91. The Labute approximate surface area is 125 Å². The molecule has 1 aliphatic heterocycles. The van der Waals surface area contributed by atoms with Crippen LogP contribution in [0, 0.1) is 0 Å². The Morgan fingerprint density at radius 3 is 2.86 bits per heavy atom. The van der Waals surface area contributed by atoms with Gasteiger partial charge in [0.25, 0.3) is 5.91 Å². The van der Waals surface area contributed by atoms with Gasteiger partial charge in [0.1, 0.15) is 5.82 Å². The second-order valence-electron chi connectivity index (χ2n) is 5.28. The lowest BCUT2D eigenvalue weighted by atomic mass is 9.95. The Kier molecular flexibility index (Phi) is 3.28. The highest BCUT2D eigenvalue weighted by molar-refractivity contribution is 6.05. The monoisotopic (exact) mass is 301 g/mol. The highest BCUT2D eigenvalue weighted by Crippen LogP contribution is 2.36. The topological polar surface area (TPSA) is 109 Å². The lowest BCUT2D eigenvalue weighted by molar-refractivity contribution is -0.116. The van der Waals surface area contributed by atoms with Crippen LogP contribution in [0.15, 0.2) is 23.1 Å². The van der Waals surface area contributed by atoms with E-state index in [0.717, 1.165) is 5.56 Å². The number of fused-ring (bicyclic) bond motifs is 1. The van der Waals surface area contributed by atoms with Crippen LogP contribution < -0.4 is 16.2 Å². The number of pyridine rings is 1. The zero-order valence-corrected chi connectivity index (χ0v) is 12.1. The van der Waals surface area contributed by atoms with E-state index in [4.69, 9.17) is 0 Å². The Balaban J connectivity index is 1.92. The van der Waals surface area contributed by atoms with Gasteiger partial charge in [0.2, 0.25) is 11.5 Å². The van der Waals surface area contributed by atoms with E-state index in [2.05, 4.69) is 20.7 Å². The average molecular weight is 301 g/mol. The molecule has 1 unspecified atom stereocenters. The highest BCUT2D eigenvalue weighted by atomic mass is 16.2. The molecule has 0 spiro atoms. The Morgan fingerprint density at radius 1 is 1.41 bits per heavy atom. The summed E-state index contributed by atoms with van der Waals surface area (Å²) in [5.74, 6) is 0.535. The van der Waals surface area contributed by atoms with Crippen molar-refractivity contribution < 1.29 is 9.59 Å². The first-order valence-electron chi connectivity index (χ1n) is 6.82. The minimum absolute atomic E-state index is 0.0386. The van der Waals surface area contributed by atoms with Crippen LogP contribution in [-0.2, 0) is 11.8 Å². The molecule has 2 aromatic rings. The number of anilines is 2. The van der Waals surface area contributed by atoms with Gasteiger partial charge in [-0.15, -0.1) is 0 Å². The van der Waals surface area contributed by atoms with Crippen LogP contribution >= 0.6 is 0 Å². The zero-order valence-electron chi connectivity index (χ0n) is 12.1. The maximum absolute atomic E-state index is 12.2. The zero-order chi connectivity index (χ0) is 15.9. The Morgan fingerprint density at radius 2 is 2.18 bits per heavy atom. The largest absolute Gasteiger partial charge is 0.328 e. The minimum Gasteiger partial charge on any atom is -0.328 e. The summed E-state index contributed by atoms with van der Waals surface area (Å²) >= 11 is 0.